The van der Waals surface area contributed by atoms with E-state index in [1.807, 2.05) is 0 Å². The fourth-order valence-electron chi connectivity index (χ4n) is 2.40. The Labute approximate surface area is 156 Å². The first-order valence-electron chi connectivity index (χ1n) is 7.59. The third-order valence-electron chi connectivity index (χ3n) is 3.81. The van der Waals surface area contributed by atoms with Crippen LogP contribution in [0.1, 0.15) is 21.0 Å². The monoisotopic (exact) mass is 406 g/mol. The van der Waals surface area contributed by atoms with E-state index in [-0.39, 0.29) is 17.9 Å². The summed E-state index contributed by atoms with van der Waals surface area (Å²) in [7, 11) is 0. The van der Waals surface area contributed by atoms with E-state index in [0.29, 0.717) is 11.6 Å². The number of aromatic nitrogens is 2. The quantitative estimate of drug-likeness (QED) is 0.554. The first-order chi connectivity index (χ1) is 12.3. The van der Waals surface area contributed by atoms with Crippen molar-refractivity contribution in [3.63, 3.8) is 0 Å². The Balaban J connectivity index is 1.63. The molecule has 0 aliphatic carbocycles. The second-order valence-electron chi connectivity index (χ2n) is 5.68. The minimum Gasteiger partial charge on any atom is -0.458 e. The predicted molar refractivity (Wildman–Crippen MR) is 89.4 cm³/mol. The number of hydrogen-bond donors (Lipinski definition) is 0. The van der Waals surface area contributed by atoms with Gasteiger partial charge in [-0.1, -0.05) is 23.8 Å². The van der Waals surface area contributed by atoms with E-state index in [1.165, 1.54) is 24.4 Å². The highest BCUT2D eigenvalue weighted by atomic mass is 35.5. The topological polar surface area (TPSA) is 53.4 Å². The number of rotatable bonds is 5. The van der Waals surface area contributed by atoms with Crippen LogP contribution < -0.4 is 0 Å². The molecule has 0 aromatic carbocycles. The number of esters is 1. The summed E-state index contributed by atoms with van der Waals surface area (Å²) in [6, 6.07) is 3.20. The number of nitrogens with zero attached hydrogens (tertiary/aromatic N) is 2. The SMILES string of the molecule is O=C(OCC1(C(F)(F)F)CC=CCO1)c1ccc(Cn2cc(Cl)cn2)s1. The molecule has 0 saturated carbocycles. The third-order valence-corrected chi connectivity index (χ3v) is 5.05. The molecule has 1 unspecified atom stereocenters. The van der Waals surface area contributed by atoms with Gasteiger partial charge in [0.15, 0.2) is 0 Å². The molecule has 10 heteroatoms. The second-order valence-corrected chi connectivity index (χ2v) is 7.28. The van der Waals surface area contributed by atoms with Crippen molar-refractivity contribution < 1.29 is 27.4 Å². The average molecular weight is 407 g/mol. The molecule has 2 aromatic heterocycles. The molecule has 0 radical (unpaired) electrons. The molecular weight excluding hydrogens is 393 g/mol. The van der Waals surface area contributed by atoms with Crippen LogP contribution in [0.2, 0.25) is 5.02 Å². The molecule has 0 fully saturated rings. The lowest BCUT2D eigenvalue weighted by atomic mass is 9.97. The highest BCUT2D eigenvalue weighted by Crippen LogP contribution is 2.39. The van der Waals surface area contributed by atoms with Crippen LogP contribution in [-0.4, -0.2) is 40.7 Å². The standard InChI is InChI=1S/C16H14ClF3N2O3S/c17-11-7-21-22(8-11)9-12-3-4-13(26-12)14(23)24-10-15(16(18,19)20)5-1-2-6-25-15/h1-4,7-8H,5-6,9-10H2. The molecule has 1 aliphatic rings. The van der Waals surface area contributed by atoms with Gasteiger partial charge in [0.05, 0.1) is 24.4 Å². The van der Waals surface area contributed by atoms with Crippen LogP contribution in [0, 0.1) is 0 Å². The van der Waals surface area contributed by atoms with Gasteiger partial charge < -0.3 is 9.47 Å². The number of carbonyl (C=O) groups is 1. The lowest BCUT2D eigenvalue weighted by Gasteiger charge is -2.35. The van der Waals surface area contributed by atoms with Crippen molar-refractivity contribution in [1.82, 2.24) is 9.78 Å². The van der Waals surface area contributed by atoms with Gasteiger partial charge in [0.1, 0.15) is 11.5 Å². The van der Waals surface area contributed by atoms with Gasteiger partial charge in [0.25, 0.3) is 0 Å². The van der Waals surface area contributed by atoms with E-state index >= 15 is 0 Å². The zero-order valence-corrected chi connectivity index (χ0v) is 14.9. The molecule has 0 saturated heterocycles. The van der Waals surface area contributed by atoms with Crippen molar-refractivity contribution >= 4 is 28.9 Å². The number of hydrogen-bond acceptors (Lipinski definition) is 5. The maximum absolute atomic E-state index is 13.3. The zero-order valence-electron chi connectivity index (χ0n) is 13.3. The van der Waals surface area contributed by atoms with Crippen LogP contribution in [0.3, 0.4) is 0 Å². The molecule has 26 heavy (non-hydrogen) atoms. The Kier molecular flexibility index (Phi) is 5.40. The van der Waals surface area contributed by atoms with Crippen LogP contribution in [-0.2, 0) is 16.0 Å². The van der Waals surface area contributed by atoms with Gasteiger partial charge in [-0.25, -0.2) is 4.79 Å². The Morgan fingerprint density at radius 2 is 2.23 bits per heavy atom. The van der Waals surface area contributed by atoms with Crippen molar-refractivity contribution in [2.24, 2.45) is 0 Å². The smallest absolute Gasteiger partial charge is 0.421 e. The number of alkyl halides is 3. The largest absolute Gasteiger partial charge is 0.458 e. The molecule has 1 atom stereocenters. The molecule has 0 bridgehead atoms. The van der Waals surface area contributed by atoms with Crippen molar-refractivity contribution in [3.8, 4) is 0 Å². The summed E-state index contributed by atoms with van der Waals surface area (Å²) in [6.07, 6.45) is 0.958. The van der Waals surface area contributed by atoms with Crippen LogP contribution in [0.5, 0.6) is 0 Å². The Hall–Kier alpha value is -1.84. The first-order valence-corrected chi connectivity index (χ1v) is 8.78. The van der Waals surface area contributed by atoms with Crippen LogP contribution >= 0.6 is 22.9 Å². The molecule has 140 valence electrons. The fraction of sp³-hybridized carbons (Fsp3) is 0.375. The van der Waals surface area contributed by atoms with E-state index in [9.17, 15) is 18.0 Å². The Morgan fingerprint density at radius 3 is 2.85 bits per heavy atom. The summed E-state index contributed by atoms with van der Waals surface area (Å²) in [4.78, 5) is 13.1. The van der Waals surface area contributed by atoms with Crippen LogP contribution in [0.4, 0.5) is 13.2 Å². The van der Waals surface area contributed by atoms with Gasteiger partial charge in [-0.15, -0.1) is 11.3 Å². The molecule has 1 aliphatic heterocycles. The zero-order chi connectivity index (χ0) is 18.8. The normalized spacial score (nSPS) is 20.3. The summed E-state index contributed by atoms with van der Waals surface area (Å²) in [6.45, 7) is -0.667. The summed E-state index contributed by atoms with van der Waals surface area (Å²) >= 11 is 6.91. The van der Waals surface area contributed by atoms with Crippen molar-refractivity contribution in [3.05, 3.63) is 51.5 Å². The average Bonchev–Trinajstić information content (AvgIpc) is 3.22. The molecule has 0 amide bonds. The van der Waals surface area contributed by atoms with Gasteiger partial charge in [0.2, 0.25) is 5.60 Å². The van der Waals surface area contributed by atoms with Crippen molar-refractivity contribution in [1.29, 1.82) is 0 Å². The van der Waals surface area contributed by atoms with Crippen molar-refractivity contribution in [2.45, 2.75) is 24.7 Å². The number of carbonyl (C=O) groups excluding carboxylic acids is 1. The highest BCUT2D eigenvalue weighted by molar-refractivity contribution is 7.13. The first kappa shape index (κ1) is 18.9. The van der Waals surface area contributed by atoms with Crippen LogP contribution in [0.15, 0.2) is 36.7 Å². The van der Waals surface area contributed by atoms with Gasteiger partial charge in [-0.3, -0.25) is 4.68 Å². The lowest BCUT2D eigenvalue weighted by Crippen LogP contribution is -2.52. The van der Waals surface area contributed by atoms with Gasteiger partial charge in [0, 0.05) is 17.5 Å². The molecule has 0 spiro atoms. The summed E-state index contributed by atoms with van der Waals surface area (Å²) in [5.74, 6) is -0.818. The van der Waals surface area contributed by atoms with E-state index in [1.54, 1.807) is 16.9 Å². The molecule has 2 aromatic rings. The van der Waals surface area contributed by atoms with E-state index in [2.05, 4.69) is 5.10 Å². The second kappa shape index (κ2) is 7.42. The van der Waals surface area contributed by atoms with E-state index in [0.717, 1.165) is 16.2 Å². The molecular formula is C16H14ClF3N2O3S. The van der Waals surface area contributed by atoms with Crippen molar-refractivity contribution in [2.75, 3.05) is 13.2 Å². The minimum absolute atomic E-state index is 0.174. The van der Waals surface area contributed by atoms with Crippen LogP contribution in [0.25, 0.3) is 0 Å². The molecule has 0 N–H and O–H groups in total. The molecule has 3 heterocycles. The third kappa shape index (κ3) is 4.11. The molecule has 5 nitrogen and oxygen atoms in total. The summed E-state index contributed by atoms with van der Waals surface area (Å²) in [5.41, 5.74) is -2.50. The summed E-state index contributed by atoms with van der Waals surface area (Å²) in [5, 5.41) is 4.51. The van der Waals surface area contributed by atoms with Gasteiger partial charge >= 0.3 is 12.1 Å². The van der Waals surface area contributed by atoms with Gasteiger partial charge in [-0.05, 0) is 12.1 Å². The summed E-state index contributed by atoms with van der Waals surface area (Å²) < 4.78 is 51.4. The number of thiophene rings is 1. The van der Waals surface area contributed by atoms with Gasteiger partial charge in [-0.2, -0.15) is 18.3 Å². The maximum atomic E-state index is 13.3. The minimum atomic E-state index is -4.64. The lowest BCUT2D eigenvalue weighted by molar-refractivity contribution is -0.286. The Morgan fingerprint density at radius 1 is 1.42 bits per heavy atom. The fourth-order valence-corrected chi connectivity index (χ4v) is 3.45. The number of ether oxygens (including phenoxy) is 2. The van der Waals surface area contributed by atoms with E-state index in [4.69, 9.17) is 21.1 Å². The maximum Gasteiger partial charge on any atom is 0.421 e. The molecule has 3 rings (SSSR count). The number of halogens is 4. The highest BCUT2D eigenvalue weighted by Gasteiger charge is 2.57. The Bertz CT molecular complexity index is 818. The predicted octanol–water partition coefficient (Wildman–Crippen LogP) is 4.08. The van der Waals surface area contributed by atoms with E-state index < -0.39 is 24.4 Å².